The molecule has 1 fully saturated rings. The van der Waals surface area contributed by atoms with Gasteiger partial charge in [-0.1, -0.05) is 37.3 Å². The van der Waals surface area contributed by atoms with Gasteiger partial charge in [-0.25, -0.2) is 14.5 Å². The molecule has 1 aromatic carbocycles. The van der Waals surface area contributed by atoms with Gasteiger partial charge < -0.3 is 9.47 Å². The van der Waals surface area contributed by atoms with Gasteiger partial charge in [0, 0.05) is 5.92 Å². The van der Waals surface area contributed by atoms with Gasteiger partial charge in [-0.15, -0.1) is 0 Å². The summed E-state index contributed by atoms with van der Waals surface area (Å²) in [5.74, 6) is -1.31. The molecule has 6 nitrogen and oxygen atoms in total. The predicted molar refractivity (Wildman–Crippen MR) is 91.5 cm³/mol. The second-order valence-electron chi connectivity index (χ2n) is 7.28. The van der Waals surface area contributed by atoms with Crippen LogP contribution in [0.1, 0.15) is 46.1 Å². The van der Waals surface area contributed by atoms with Crippen molar-refractivity contribution in [1.82, 2.24) is 4.90 Å². The number of likely N-dealkylation sites (tertiary alicyclic amines) is 1. The molecule has 0 aromatic heterocycles. The van der Waals surface area contributed by atoms with Crippen LogP contribution in [0.2, 0.25) is 0 Å². The Morgan fingerprint density at radius 3 is 2.40 bits per heavy atom. The lowest BCUT2D eigenvalue weighted by molar-refractivity contribution is -0.167. The van der Waals surface area contributed by atoms with Crippen molar-refractivity contribution >= 4 is 18.0 Å². The standard InChI is InChI=1S/C19H25NO5/c1-13-10-11-15(17(22)25-19(2,3)4)20(16(13)21)18(23)24-12-14-8-6-5-7-9-14/h5-9,13,15H,10-12H2,1-4H3/t13-,15+/m1/s1. The van der Waals surface area contributed by atoms with E-state index in [-0.39, 0.29) is 12.5 Å². The molecule has 2 atom stereocenters. The Labute approximate surface area is 148 Å². The Hall–Kier alpha value is -2.37. The number of rotatable bonds is 3. The molecule has 0 bridgehead atoms. The van der Waals surface area contributed by atoms with Crippen molar-refractivity contribution in [2.24, 2.45) is 5.92 Å². The molecule has 2 rings (SSSR count). The quantitative estimate of drug-likeness (QED) is 0.785. The average Bonchev–Trinajstić information content (AvgIpc) is 2.54. The van der Waals surface area contributed by atoms with E-state index in [1.165, 1.54) is 0 Å². The number of piperidine rings is 1. The summed E-state index contributed by atoms with van der Waals surface area (Å²) in [5.41, 5.74) is 0.116. The molecule has 25 heavy (non-hydrogen) atoms. The summed E-state index contributed by atoms with van der Waals surface area (Å²) < 4.78 is 10.6. The third kappa shape index (κ3) is 5.05. The molecule has 136 valence electrons. The maximum atomic E-state index is 12.5. The fourth-order valence-corrected chi connectivity index (χ4v) is 2.65. The summed E-state index contributed by atoms with van der Waals surface area (Å²) >= 11 is 0. The maximum Gasteiger partial charge on any atom is 0.417 e. The Morgan fingerprint density at radius 1 is 1.16 bits per heavy atom. The van der Waals surface area contributed by atoms with Gasteiger partial charge in [0.15, 0.2) is 0 Å². The zero-order chi connectivity index (χ0) is 18.6. The third-order valence-corrected chi connectivity index (χ3v) is 3.92. The number of esters is 1. The van der Waals surface area contributed by atoms with Gasteiger partial charge in [-0.05, 0) is 39.2 Å². The lowest BCUT2D eigenvalue weighted by Crippen LogP contribution is -2.55. The molecule has 1 aliphatic rings. The van der Waals surface area contributed by atoms with Gasteiger partial charge in [0.05, 0.1) is 0 Å². The highest BCUT2D eigenvalue weighted by Crippen LogP contribution is 2.26. The molecule has 2 amide bonds. The first-order chi connectivity index (χ1) is 11.7. The molecular weight excluding hydrogens is 322 g/mol. The minimum atomic E-state index is -0.939. The van der Waals surface area contributed by atoms with Crippen LogP contribution in [0.4, 0.5) is 4.79 Å². The number of nitrogens with zero attached hydrogens (tertiary/aromatic N) is 1. The minimum Gasteiger partial charge on any atom is -0.458 e. The average molecular weight is 347 g/mol. The van der Waals surface area contributed by atoms with Crippen molar-refractivity contribution in [3.05, 3.63) is 35.9 Å². The summed E-state index contributed by atoms with van der Waals surface area (Å²) in [6, 6.07) is 8.23. The van der Waals surface area contributed by atoms with Crippen molar-refractivity contribution in [1.29, 1.82) is 0 Å². The Balaban J connectivity index is 2.11. The van der Waals surface area contributed by atoms with Crippen LogP contribution >= 0.6 is 0 Å². The van der Waals surface area contributed by atoms with Gasteiger partial charge in [-0.3, -0.25) is 4.79 Å². The van der Waals surface area contributed by atoms with Crippen LogP contribution in [-0.2, 0) is 25.7 Å². The Morgan fingerprint density at radius 2 is 1.80 bits per heavy atom. The number of carbonyl (C=O) groups is 3. The lowest BCUT2D eigenvalue weighted by Gasteiger charge is -2.35. The molecule has 1 aromatic rings. The SMILES string of the molecule is C[C@@H]1CC[C@@H](C(=O)OC(C)(C)C)N(C(=O)OCc2ccccc2)C1=O. The molecule has 0 N–H and O–H groups in total. The second-order valence-corrected chi connectivity index (χ2v) is 7.28. The first-order valence-electron chi connectivity index (χ1n) is 8.45. The number of amides is 2. The van der Waals surface area contributed by atoms with Gasteiger partial charge in [0.25, 0.3) is 0 Å². The summed E-state index contributed by atoms with van der Waals surface area (Å²) in [5, 5.41) is 0. The fourth-order valence-electron chi connectivity index (χ4n) is 2.65. The first-order valence-corrected chi connectivity index (χ1v) is 8.45. The molecule has 0 spiro atoms. The van der Waals surface area contributed by atoms with E-state index in [0.29, 0.717) is 12.8 Å². The topological polar surface area (TPSA) is 72.9 Å². The largest absolute Gasteiger partial charge is 0.458 e. The van der Waals surface area contributed by atoms with Crippen LogP contribution in [0.25, 0.3) is 0 Å². The van der Waals surface area contributed by atoms with E-state index in [2.05, 4.69) is 0 Å². The van der Waals surface area contributed by atoms with Crippen LogP contribution < -0.4 is 0 Å². The highest BCUT2D eigenvalue weighted by atomic mass is 16.6. The number of benzene rings is 1. The van der Waals surface area contributed by atoms with E-state index < -0.39 is 29.6 Å². The van der Waals surface area contributed by atoms with E-state index in [4.69, 9.17) is 9.47 Å². The van der Waals surface area contributed by atoms with Crippen molar-refractivity contribution < 1.29 is 23.9 Å². The van der Waals surface area contributed by atoms with Crippen molar-refractivity contribution in [2.45, 2.75) is 58.8 Å². The normalized spacial score (nSPS) is 21.0. The molecule has 0 radical (unpaired) electrons. The Kier molecular flexibility index (Phi) is 5.82. The monoisotopic (exact) mass is 347 g/mol. The second kappa shape index (κ2) is 7.68. The highest BCUT2D eigenvalue weighted by Gasteiger charge is 2.43. The zero-order valence-corrected chi connectivity index (χ0v) is 15.2. The molecular formula is C19H25NO5. The van der Waals surface area contributed by atoms with Crippen LogP contribution in [-0.4, -0.2) is 34.5 Å². The number of carbonyl (C=O) groups excluding carboxylic acids is 3. The smallest absolute Gasteiger partial charge is 0.417 e. The van der Waals surface area contributed by atoms with Crippen LogP contribution in [0.15, 0.2) is 30.3 Å². The molecule has 1 saturated heterocycles. The molecule has 1 aliphatic heterocycles. The first kappa shape index (κ1) is 19.0. The Bertz CT molecular complexity index is 635. The summed E-state index contributed by atoms with van der Waals surface area (Å²) in [6.45, 7) is 7.02. The molecule has 0 aliphatic carbocycles. The van der Waals surface area contributed by atoms with E-state index >= 15 is 0 Å². The number of ether oxygens (including phenoxy) is 2. The summed E-state index contributed by atoms with van der Waals surface area (Å²) in [4.78, 5) is 38.3. The van der Waals surface area contributed by atoms with Crippen molar-refractivity contribution in [3.8, 4) is 0 Å². The number of imide groups is 1. The van der Waals surface area contributed by atoms with E-state index in [1.54, 1.807) is 27.7 Å². The molecule has 1 heterocycles. The number of hydrogen-bond donors (Lipinski definition) is 0. The lowest BCUT2D eigenvalue weighted by atomic mass is 9.93. The molecule has 0 saturated carbocycles. The van der Waals surface area contributed by atoms with Crippen LogP contribution in [0, 0.1) is 5.92 Å². The molecule has 0 unspecified atom stereocenters. The van der Waals surface area contributed by atoms with Gasteiger partial charge in [-0.2, -0.15) is 0 Å². The van der Waals surface area contributed by atoms with E-state index in [9.17, 15) is 14.4 Å². The van der Waals surface area contributed by atoms with Gasteiger partial charge in [0.2, 0.25) is 5.91 Å². The zero-order valence-electron chi connectivity index (χ0n) is 15.2. The summed E-state index contributed by atoms with van der Waals surface area (Å²) in [6.07, 6.45) is 0.101. The van der Waals surface area contributed by atoms with Crippen molar-refractivity contribution in [2.75, 3.05) is 0 Å². The maximum absolute atomic E-state index is 12.5. The highest BCUT2D eigenvalue weighted by molar-refractivity contribution is 5.98. The fraction of sp³-hybridized carbons (Fsp3) is 0.526. The third-order valence-electron chi connectivity index (χ3n) is 3.92. The minimum absolute atomic E-state index is 0.0405. The van der Waals surface area contributed by atoms with Crippen LogP contribution in [0.3, 0.4) is 0 Å². The number of hydrogen-bond acceptors (Lipinski definition) is 5. The molecule has 6 heteroatoms. The van der Waals surface area contributed by atoms with Crippen molar-refractivity contribution in [3.63, 3.8) is 0 Å². The van der Waals surface area contributed by atoms with Gasteiger partial charge >= 0.3 is 12.1 Å². The predicted octanol–water partition coefficient (Wildman–Crippen LogP) is 3.29. The van der Waals surface area contributed by atoms with Gasteiger partial charge in [0.1, 0.15) is 18.2 Å². The van der Waals surface area contributed by atoms with E-state index in [1.807, 2.05) is 30.3 Å². The summed E-state index contributed by atoms with van der Waals surface area (Å²) in [7, 11) is 0. The van der Waals surface area contributed by atoms with Crippen LogP contribution in [0.5, 0.6) is 0 Å². The van der Waals surface area contributed by atoms with E-state index in [0.717, 1.165) is 10.5 Å².